The molecule has 0 saturated heterocycles. The summed E-state index contributed by atoms with van der Waals surface area (Å²) in [6.07, 6.45) is -11.6. The Kier molecular flexibility index (Phi) is 4.67. The van der Waals surface area contributed by atoms with Crippen molar-refractivity contribution in [2.45, 2.75) is 24.8 Å². The number of hydrogen-bond donors (Lipinski definition) is 0. The molecule has 0 aliphatic rings. The second-order valence-electron chi connectivity index (χ2n) is 4.15. The molecule has 112 valence electrons. The van der Waals surface area contributed by atoms with Crippen molar-refractivity contribution in [3.63, 3.8) is 0 Å². The Labute approximate surface area is 111 Å². The first-order valence-corrected chi connectivity index (χ1v) is 5.46. The molecule has 8 heteroatoms. The molecule has 0 N–H and O–H groups in total. The van der Waals surface area contributed by atoms with Crippen LogP contribution in [0.4, 0.5) is 26.3 Å². The van der Waals surface area contributed by atoms with Crippen LogP contribution in [0.2, 0.25) is 0 Å². The lowest BCUT2D eigenvalue weighted by atomic mass is 10.0. The van der Waals surface area contributed by atoms with Crippen LogP contribution in [-0.2, 0) is 4.79 Å². The summed E-state index contributed by atoms with van der Waals surface area (Å²) in [4.78, 5) is 11.4. The molecule has 2 nitrogen and oxygen atoms in total. The van der Waals surface area contributed by atoms with Gasteiger partial charge in [-0.1, -0.05) is 30.3 Å². The maximum Gasteiger partial charge on any atom is 0.413 e. The van der Waals surface area contributed by atoms with Crippen LogP contribution in [0.1, 0.15) is 18.0 Å². The van der Waals surface area contributed by atoms with Gasteiger partial charge in [-0.25, -0.2) is 0 Å². The Morgan fingerprint density at radius 3 is 2.00 bits per heavy atom. The quantitative estimate of drug-likeness (QED) is 0.779. The summed E-state index contributed by atoms with van der Waals surface area (Å²) in [6, 6.07) is 3.91. The highest BCUT2D eigenvalue weighted by atomic mass is 19.4. The second kappa shape index (κ2) is 5.72. The van der Waals surface area contributed by atoms with Crippen LogP contribution >= 0.6 is 0 Å². The fourth-order valence-corrected chi connectivity index (χ4v) is 1.71. The largest absolute Gasteiger partial charge is 0.413 e. The third kappa shape index (κ3) is 4.43. The van der Waals surface area contributed by atoms with E-state index in [9.17, 15) is 31.1 Å². The Hall–Kier alpha value is -1.73. The summed E-state index contributed by atoms with van der Waals surface area (Å²) in [5.41, 5.74) is -0.293. The van der Waals surface area contributed by atoms with E-state index in [1.165, 1.54) is 18.2 Å². The van der Waals surface area contributed by atoms with Crippen molar-refractivity contribution in [3.8, 4) is 0 Å². The van der Waals surface area contributed by atoms with Crippen LogP contribution in [-0.4, -0.2) is 30.2 Å². The number of carbonyl (C=O) groups is 1. The summed E-state index contributed by atoms with van der Waals surface area (Å²) in [6.45, 7) is 0. The van der Waals surface area contributed by atoms with Crippen molar-refractivity contribution in [2.24, 2.45) is 0 Å². The van der Waals surface area contributed by atoms with Crippen LogP contribution in [0.25, 0.3) is 0 Å². The highest BCUT2D eigenvalue weighted by Gasteiger charge is 2.46. The van der Waals surface area contributed by atoms with Crippen LogP contribution in [0, 0.1) is 0 Å². The molecule has 0 spiro atoms. The number of amides is 1. The van der Waals surface area contributed by atoms with Crippen molar-refractivity contribution in [2.75, 3.05) is 7.05 Å². The highest BCUT2D eigenvalue weighted by Crippen LogP contribution is 2.37. The van der Waals surface area contributed by atoms with Crippen molar-refractivity contribution >= 4 is 5.91 Å². The van der Waals surface area contributed by atoms with Gasteiger partial charge >= 0.3 is 12.4 Å². The summed E-state index contributed by atoms with van der Waals surface area (Å²) in [7, 11) is 0.708. The van der Waals surface area contributed by atoms with Crippen molar-refractivity contribution in [3.05, 3.63) is 35.9 Å². The lowest BCUT2D eigenvalue weighted by Gasteiger charge is -2.30. The van der Waals surface area contributed by atoms with E-state index in [1.807, 2.05) is 0 Å². The fraction of sp³-hybridized carbons (Fsp3) is 0.417. The number of benzene rings is 1. The smallest absolute Gasteiger partial charge is 0.330 e. The van der Waals surface area contributed by atoms with Gasteiger partial charge in [0.25, 0.3) is 0 Å². The molecule has 0 bridgehead atoms. The first-order valence-electron chi connectivity index (χ1n) is 5.46. The Bertz CT molecular complexity index is 453. The van der Waals surface area contributed by atoms with E-state index in [2.05, 4.69) is 0 Å². The zero-order valence-corrected chi connectivity index (χ0v) is 10.3. The number of carbonyl (C=O) groups excluding carboxylic acids is 1. The molecule has 0 aliphatic heterocycles. The molecule has 1 rings (SSSR count). The Morgan fingerprint density at radius 2 is 1.60 bits per heavy atom. The lowest BCUT2D eigenvalue weighted by Crippen LogP contribution is -2.41. The molecule has 0 heterocycles. The van der Waals surface area contributed by atoms with Gasteiger partial charge in [0.1, 0.15) is 6.42 Å². The predicted octanol–water partition coefficient (Wildman–Crippen LogP) is 3.70. The number of halogens is 6. The summed E-state index contributed by atoms with van der Waals surface area (Å²) in [5, 5.41) is 0. The zero-order valence-electron chi connectivity index (χ0n) is 10.3. The molecule has 1 aromatic carbocycles. The van der Waals surface area contributed by atoms with Crippen molar-refractivity contribution in [1.29, 1.82) is 0 Å². The summed E-state index contributed by atoms with van der Waals surface area (Å²) in [5.74, 6) is -1.64. The zero-order chi connectivity index (χ0) is 15.6. The Morgan fingerprint density at radius 1 is 1.10 bits per heavy atom. The monoisotopic (exact) mass is 299 g/mol. The van der Waals surface area contributed by atoms with Crippen LogP contribution in [0.15, 0.2) is 30.3 Å². The standard InChI is InChI=1S/C12H11F6NO/c1-19(9(20)7-11(13,14)15)10(12(16,17)18)8-5-3-2-4-6-8/h2-6,10H,7H2,1H3. The van der Waals surface area contributed by atoms with Gasteiger partial charge in [-0.05, 0) is 5.56 Å². The number of hydrogen-bond acceptors (Lipinski definition) is 1. The molecular weight excluding hydrogens is 288 g/mol. The minimum atomic E-state index is -4.86. The number of alkyl halides is 6. The van der Waals surface area contributed by atoms with Crippen LogP contribution in [0.5, 0.6) is 0 Å². The fourth-order valence-electron chi connectivity index (χ4n) is 1.71. The van der Waals surface area contributed by atoms with Crippen LogP contribution < -0.4 is 0 Å². The average molecular weight is 299 g/mol. The molecule has 1 unspecified atom stereocenters. The molecule has 0 fully saturated rings. The van der Waals surface area contributed by atoms with E-state index in [1.54, 1.807) is 0 Å². The first kappa shape index (κ1) is 16.3. The maximum atomic E-state index is 13.0. The van der Waals surface area contributed by atoms with E-state index in [0.717, 1.165) is 12.1 Å². The predicted molar refractivity (Wildman–Crippen MR) is 58.7 cm³/mol. The SMILES string of the molecule is CN(C(=O)CC(F)(F)F)C(c1ccccc1)C(F)(F)F. The van der Waals surface area contributed by atoms with E-state index < -0.39 is 30.7 Å². The lowest BCUT2D eigenvalue weighted by molar-refractivity contribution is -0.196. The minimum absolute atomic E-state index is 0.0722. The van der Waals surface area contributed by atoms with Gasteiger partial charge in [0, 0.05) is 7.05 Å². The van der Waals surface area contributed by atoms with Gasteiger partial charge < -0.3 is 4.90 Å². The van der Waals surface area contributed by atoms with Gasteiger partial charge in [0.05, 0.1) is 0 Å². The van der Waals surface area contributed by atoms with E-state index in [-0.39, 0.29) is 10.5 Å². The summed E-state index contributed by atoms with van der Waals surface area (Å²) >= 11 is 0. The van der Waals surface area contributed by atoms with E-state index in [4.69, 9.17) is 0 Å². The van der Waals surface area contributed by atoms with E-state index >= 15 is 0 Å². The third-order valence-electron chi connectivity index (χ3n) is 2.56. The summed E-state index contributed by atoms with van der Waals surface area (Å²) < 4.78 is 75.2. The highest BCUT2D eigenvalue weighted by molar-refractivity contribution is 5.77. The molecule has 0 aromatic heterocycles. The van der Waals surface area contributed by atoms with Crippen LogP contribution in [0.3, 0.4) is 0 Å². The van der Waals surface area contributed by atoms with Gasteiger partial charge in [-0.3, -0.25) is 4.79 Å². The molecule has 1 amide bonds. The third-order valence-corrected chi connectivity index (χ3v) is 2.56. The minimum Gasteiger partial charge on any atom is -0.330 e. The molecule has 20 heavy (non-hydrogen) atoms. The number of rotatable bonds is 3. The molecule has 0 radical (unpaired) electrons. The van der Waals surface area contributed by atoms with E-state index in [0.29, 0.717) is 7.05 Å². The normalized spacial score (nSPS) is 13.9. The Balaban J connectivity index is 3.04. The molecule has 1 atom stereocenters. The van der Waals surface area contributed by atoms with Crippen molar-refractivity contribution in [1.82, 2.24) is 4.90 Å². The molecular formula is C12H11F6NO. The van der Waals surface area contributed by atoms with Crippen molar-refractivity contribution < 1.29 is 31.1 Å². The van der Waals surface area contributed by atoms with Gasteiger partial charge in [0.15, 0.2) is 6.04 Å². The number of nitrogens with zero attached hydrogens (tertiary/aromatic N) is 1. The van der Waals surface area contributed by atoms with Gasteiger partial charge in [-0.15, -0.1) is 0 Å². The topological polar surface area (TPSA) is 20.3 Å². The average Bonchev–Trinajstić information content (AvgIpc) is 2.26. The first-order chi connectivity index (χ1) is 9.02. The van der Waals surface area contributed by atoms with Gasteiger partial charge in [-0.2, -0.15) is 26.3 Å². The second-order valence-corrected chi connectivity index (χ2v) is 4.15. The maximum absolute atomic E-state index is 13.0. The van der Waals surface area contributed by atoms with Gasteiger partial charge in [0.2, 0.25) is 5.91 Å². The molecule has 0 aliphatic carbocycles. The molecule has 1 aromatic rings. The molecule has 0 saturated carbocycles.